The van der Waals surface area contributed by atoms with Crippen LogP contribution >= 0.6 is 0 Å². The van der Waals surface area contributed by atoms with Crippen LogP contribution < -0.4 is 5.32 Å². The Bertz CT molecular complexity index is 1120. The molecule has 5 nitrogen and oxygen atoms in total. The van der Waals surface area contributed by atoms with Gasteiger partial charge in [-0.3, -0.25) is 4.79 Å². The van der Waals surface area contributed by atoms with Gasteiger partial charge in [-0.05, 0) is 46.4 Å². The molecule has 0 heterocycles. The zero-order valence-corrected chi connectivity index (χ0v) is 17.1. The number of benzene rings is 3. The molecule has 4 rings (SSSR count). The molecule has 0 saturated carbocycles. The molecule has 1 amide bonds. The largest absolute Gasteiger partial charge is 0.481 e. The fourth-order valence-electron chi connectivity index (χ4n) is 4.14. The Kier molecular flexibility index (Phi) is 6.16. The number of fused-ring (bicyclic) bond motifs is 3. The molecule has 0 fully saturated rings. The van der Waals surface area contributed by atoms with E-state index in [2.05, 4.69) is 5.32 Å². The Labute approximate surface area is 183 Å². The number of halogens is 2. The number of alkyl carbamates (subject to hydrolysis) is 1. The molecule has 164 valence electrons. The molecule has 0 spiro atoms. The minimum absolute atomic E-state index is 0.0215. The summed E-state index contributed by atoms with van der Waals surface area (Å²) in [5.41, 5.74) is 4.68. The van der Waals surface area contributed by atoms with Gasteiger partial charge in [0.15, 0.2) is 11.6 Å². The van der Waals surface area contributed by atoms with E-state index in [1.165, 1.54) is 6.07 Å². The van der Waals surface area contributed by atoms with Crippen molar-refractivity contribution in [2.75, 3.05) is 6.61 Å². The SMILES string of the molecule is O=C(O)C[C@@H](Cc1ccc(F)c(F)c1)NC(=O)OCC1c2ccccc2-c2ccccc21. The van der Waals surface area contributed by atoms with Gasteiger partial charge >= 0.3 is 12.1 Å². The van der Waals surface area contributed by atoms with Crippen LogP contribution in [0.4, 0.5) is 13.6 Å². The number of rotatable bonds is 7. The number of hydrogen-bond acceptors (Lipinski definition) is 3. The molecule has 1 aliphatic carbocycles. The van der Waals surface area contributed by atoms with E-state index >= 15 is 0 Å². The van der Waals surface area contributed by atoms with E-state index in [-0.39, 0.29) is 25.4 Å². The summed E-state index contributed by atoms with van der Waals surface area (Å²) in [6, 6.07) is 18.3. The minimum atomic E-state index is -1.13. The molecule has 3 aromatic rings. The third-order valence-electron chi connectivity index (χ3n) is 5.55. The van der Waals surface area contributed by atoms with Crippen LogP contribution in [-0.4, -0.2) is 29.8 Å². The standard InChI is InChI=1S/C25H21F2NO4/c26-22-10-9-15(12-23(22)27)11-16(13-24(29)30)28-25(31)32-14-21-19-7-3-1-5-17(19)18-6-2-4-8-20(18)21/h1-10,12,16,21H,11,13-14H2,(H,28,31)(H,29,30)/t16-/m1/s1. The maximum Gasteiger partial charge on any atom is 0.407 e. The van der Waals surface area contributed by atoms with E-state index in [0.29, 0.717) is 5.56 Å². The monoisotopic (exact) mass is 437 g/mol. The van der Waals surface area contributed by atoms with Crippen LogP contribution in [0.1, 0.15) is 29.0 Å². The van der Waals surface area contributed by atoms with Crippen molar-refractivity contribution in [3.8, 4) is 11.1 Å². The quantitative estimate of drug-likeness (QED) is 0.552. The highest BCUT2D eigenvalue weighted by Gasteiger charge is 2.29. The van der Waals surface area contributed by atoms with Gasteiger partial charge in [0.2, 0.25) is 0 Å². The van der Waals surface area contributed by atoms with Gasteiger partial charge in [0.1, 0.15) is 6.61 Å². The molecule has 3 aromatic carbocycles. The highest BCUT2D eigenvalue weighted by Crippen LogP contribution is 2.44. The molecular formula is C25H21F2NO4. The van der Waals surface area contributed by atoms with Crippen LogP contribution in [0.2, 0.25) is 0 Å². The minimum Gasteiger partial charge on any atom is -0.481 e. The normalized spacial score (nSPS) is 13.2. The molecule has 0 unspecified atom stereocenters. The molecule has 32 heavy (non-hydrogen) atoms. The lowest BCUT2D eigenvalue weighted by Gasteiger charge is -2.19. The number of hydrogen-bond donors (Lipinski definition) is 2. The predicted molar refractivity (Wildman–Crippen MR) is 114 cm³/mol. The maximum absolute atomic E-state index is 13.5. The van der Waals surface area contributed by atoms with Crippen LogP contribution in [0.15, 0.2) is 66.7 Å². The Balaban J connectivity index is 1.43. The number of aliphatic carboxylic acids is 1. The summed E-state index contributed by atoms with van der Waals surface area (Å²) >= 11 is 0. The molecule has 1 aliphatic rings. The molecule has 0 saturated heterocycles. The van der Waals surface area contributed by atoms with Crippen LogP contribution in [0, 0.1) is 11.6 Å². The number of carbonyl (C=O) groups excluding carboxylic acids is 1. The van der Waals surface area contributed by atoms with E-state index < -0.39 is 29.7 Å². The van der Waals surface area contributed by atoms with E-state index in [9.17, 15) is 18.4 Å². The molecule has 7 heteroatoms. The summed E-state index contributed by atoms with van der Waals surface area (Å²) in [5, 5.41) is 11.7. The summed E-state index contributed by atoms with van der Waals surface area (Å²) in [7, 11) is 0. The molecule has 2 N–H and O–H groups in total. The number of carboxylic acid groups (broad SMARTS) is 1. The number of ether oxygens (including phenoxy) is 1. The topological polar surface area (TPSA) is 75.6 Å². The molecule has 0 aliphatic heterocycles. The average Bonchev–Trinajstić information content (AvgIpc) is 3.08. The van der Waals surface area contributed by atoms with E-state index in [1.807, 2.05) is 48.5 Å². The molecule has 0 aromatic heterocycles. The van der Waals surface area contributed by atoms with Gasteiger partial charge in [-0.2, -0.15) is 0 Å². The first-order chi connectivity index (χ1) is 15.4. The lowest BCUT2D eigenvalue weighted by molar-refractivity contribution is -0.137. The summed E-state index contributed by atoms with van der Waals surface area (Å²) in [6.45, 7) is 0.0881. The van der Waals surface area contributed by atoms with Gasteiger partial charge < -0.3 is 15.2 Å². The molecular weight excluding hydrogens is 416 g/mol. The average molecular weight is 437 g/mol. The molecule has 0 radical (unpaired) electrons. The lowest BCUT2D eigenvalue weighted by atomic mass is 9.98. The second kappa shape index (κ2) is 9.18. The van der Waals surface area contributed by atoms with Crippen LogP contribution in [-0.2, 0) is 16.0 Å². The number of nitrogens with one attached hydrogen (secondary N) is 1. The van der Waals surface area contributed by atoms with Crippen molar-refractivity contribution in [1.82, 2.24) is 5.32 Å². The van der Waals surface area contributed by atoms with Gasteiger partial charge in [-0.15, -0.1) is 0 Å². The Hall–Kier alpha value is -3.74. The zero-order valence-electron chi connectivity index (χ0n) is 17.1. The van der Waals surface area contributed by atoms with Crippen molar-refractivity contribution in [2.24, 2.45) is 0 Å². The second-order valence-corrected chi connectivity index (χ2v) is 7.72. The van der Waals surface area contributed by atoms with E-state index in [0.717, 1.165) is 34.4 Å². The van der Waals surface area contributed by atoms with Crippen LogP contribution in [0.3, 0.4) is 0 Å². The van der Waals surface area contributed by atoms with Gasteiger partial charge in [0.25, 0.3) is 0 Å². The summed E-state index contributed by atoms with van der Waals surface area (Å²) in [5.74, 6) is -3.28. The van der Waals surface area contributed by atoms with Crippen molar-refractivity contribution in [3.63, 3.8) is 0 Å². The fraction of sp³-hybridized carbons (Fsp3) is 0.200. The predicted octanol–water partition coefficient (Wildman–Crippen LogP) is 4.89. The molecule has 1 atom stereocenters. The summed E-state index contributed by atoms with van der Waals surface area (Å²) < 4.78 is 32.1. The smallest absolute Gasteiger partial charge is 0.407 e. The van der Waals surface area contributed by atoms with Crippen molar-refractivity contribution >= 4 is 12.1 Å². The van der Waals surface area contributed by atoms with Crippen molar-refractivity contribution in [3.05, 3.63) is 95.1 Å². The third-order valence-corrected chi connectivity index (χ3v) is 5.55. The van der Waals surface area contributed by atoms with Crippen molar-refractivity contribution < 1.29 is 28.2 Å². The summed E-state index contributed by atoms with van der Waals surface area (Å²) in [6.07, 6.45) is -1.13. The van der Waals surface area contributed by atoms with E-state index in [1.54, 1.807) is 0 Å². The van der Waals surface area contributed by atoms with Gasteiger partial charge in [0, 0.05) is 12.0 Å². The fourth-order valence-corrected chi connectivity index (χ4v) is 4.14. The number of carbonyl (C=O) groups is 2. The third kappa shape index (κ3) is 4.61. The van der Waals surface area contributed by atoms with Gasteiger partial charge in [-0.1, -0.05) is 54.6 Å². The highest BCUT2D eigenvalue weighted by molar-refractivity contribution is 5.79. The first kappa shape index (κ1) is 21.5. The first-order valence-electron chi connectivity index (χ1n) is 10.2. The van der Waals surface area contributed by atoms with Crippen LogP contribution in [0.25, 0.3) is 11.1 Å². The van der Waals surface area contributed by atoms with Crippen molar-refractivity contribution in [2.45, 2.75) is 24.8 Å². The van der Waals surface area contributed by atoms with Crippen molar-refractivity contribution in [1.29, 1.82) is 0 Å². The molecule has 0 bridgehead atoms. The summed E-state index contributed by atoms with van der Waals surface area (Å²) in [4.78, 5) is 23.7. The number of carboxylic acids is 1. The van der Waals surface area contributed by atoms with Gasteiger partial charge in [0.05, 0.1) is 6.42 Å². The maximum atomic E-state index is 13.5. The second-order valence-electron chi connectivity index (χ2n) is 7.72. The highest BCUT2D eigenvalue weighted by atomic mass is 19.2. The van der Waals surface area contributed by atoms with E-state index in [4.69, 9.17) is 9.84 Å². The Morgan fingerprint density at radius 1 is 0.938 bits per heavy atom. The number of amides is 1. The zero-order chi connectivity index (χ0) is 22.7. The Morgan fingerprint density at radius 3 is 2.16 bits per heavy atom. The van der Waals surface area contributed by atoms with Crippen LogP contribution in [0.5, 0.6) is 0 Å². The van der Waals surface area contributed by atoms with Gasteiger partial charge in [-0.25, -0.2) is 13.6 Å². The first-order valence-corrected chi connectivity index (χ1v) is 10.2. The Morgan fingerprint density at radius 2 is 1.56 bits per heavy atom. The lowest BCUT2D eigenvalue weighted by Crippen LogP contribution is -2.39.